The number of benzene rings is 2. The average Bonchev–Trinajstić information content (AvgIpc) is 2.57. The first-order valence-electron chi connectivity index (χ1n) is 8.59. The van der Waals surface area contributed by atoms with Gasteiger partial charge in [-0.3, -0.25) is 0 Å². The summed E-state index contributed by atoms with van der Waals surface area (Å²) in [6.45, 7) is 2.32. The van der Waals surface area contributed by atoms with Gasteiger partial charge in [-0.25, -0.2) is 0 Å². The Bertz CT molecular complexity index is 609. The van der Waals surface area contributed by atoms with Crippen LogP contribution in [0, 0.1) is 11.8 Å². The van der Waals surface area contributed by atoms with Gasteiger partial charge >= 0.3 is 0 Å². The Morgan fingerprint density at radius 2 is 1.50 bits per heavy atom. The normalized spacial score (nSPS) is 21.0. The fourth-order valence-corrected chi connectivity index (χ4v) is 3.33. The minimum absolute atomic E-state index is 0.737. The maximum absolute atomic E-state index is 2.44. The van der Waals surface area contributed by atoms with Gasteiger partial charge in [0.15, 0.2) is 0 Å². The number of aryl methyl sites for hydroxylation is 2. The number of rotatable bonds is 5. The van der Waals surface area contributed by atoms with Crippen LogP contribution < -0.4 is 0 Å². The highest BCUT2D eigenvalue weighted by atomic mass is 14.2. The van der Waals surface area contributed by atoms with E-state index in [9.17, 15) is 0 Å². The van der Waals surface area contributed by atoms with Crippen molar-refractivity contribution in [1.29, 1.82) is 0 Å². The van der Waals surface area contributed by atoms with E-state index in [4.69, 9.17) is 0 Å². The Kier molecular flexibility index (Phi) is 5.11. The van der Waals surface area contributed by atoms with Gasteiger partial charge in [0, 0.05) is 0 Å². The molecule has 0 amide bonds. The van der Waals surface area contributed by atoms with Gasteiger partial charge in [-0.05, 0) is 60.6 Å². The topological polar surface area (TPSA) is 0 Å². The molecule has 0 nitrogen and oxygen atoms in total. The minimum atomic E-state index is 0.737. The molecule has 0 spiro atoms. The first-order valence-corrected chi connectivity index (χ1v) is 8.59. The van der Waals surface area contributed by atoms with Gasteiger partial charge in [0.05, 0.1) is 0 Å². The predicted molar refractivity (Wildman–Crippen MR) is 95.0 cm³/mol. The number of hydrogen-bond acceptors (Lipinski definition) is 0. The van der Waals surface area contributed by atoms with Crippen molar-refractivity contribution in [3.8, 4) is 0 Å². The highest BCUT2D eigenvalue weighted by Crippen LogP contribution is 2.25. The molecule has 1 aliphatic rings. The van der Waals surface area contributed by atoms with Crippen molar-refractivity contribution in [2.24, 2.45) is 11.8 Å². The largest absolute Gasteiger partial charge is 0.0854 e. The summed E-state index contributed by atoms with van der Waals surface area (Å²) in [5.74, 6) is 1.51. The molecule has 22 heavy (non-hydrogen) atoms. The summed E-state index contributed by atoms with van der Waals surface area (Å²) in [7, 11) is 0. The third kappa shape index (κ3) is 4.34. The molecule has 2 aromatic rings. The Balaban J connectivity index is 1.59. The van der Waals surface area contributed by atoms with Gasteiger partial charge in [-0.2, -0.15) is 0 Å². The fourth-order valence-electron chi connectivity index (χ4n) is 3.33. The summed E-state index contributed by atoms with van der Waals surface area (Å²) in [6, 6.07) is 20.0. The van der Waals surface area contributed by atoms with Crippen molar-refractivity contribution in [3.05, 3.63) is 83.4 Å². The van der Waals surface area contributed by atoms with Gasteiger partial charge in [0.25, 0.3) is 0 Å². The Labute approximate surface area is 134 Å². The van der Waals surface area contributed by atoms with Crippen molar-refractivity contribution in [3.63, 3.8) is 0 Å². The van der Waals surface area contributed by atoms with Crippen LogP contribution in [0.2, 0.25) is 0 Å². The molecule has 0 fully saturated rings. The van der Waals surface area contributed by atoms with Gasteiger partial charge in [-0.15, -0.1) is 0 Å². The molecule has 2 aromatic carbocycles. The monoisotopic (exact) mass is 290 g/mol. The molecule has 114 valence electrons. The van der Waals surface area contributed by atoms with E-state index < -0.39 is 0 Å². The molecule has 0 saturated heterocycles. The van der Waals surface area contributed by atoms with Crippen molar-refractivity contribution in [2.45, 2.75) is 39.0 Å². The van der Waals surface area contributed by atoms with E-state index in [0.717, 1.165) is 24.7 Å². The van der Waals surface area contributed by atoms with E-state index in [1.54, 1.807) is 0 Å². The van der Waals surface area contributed by atoms with Gasteiger partial charge in [-0.1, -0.05) is 73.7 Å². The average molecular weight is 290 g/mol. The van der Waals surface area contributed by atoms with Crippen LogP contribution in [-0.2, 0) is 19.3 Å². The molecular weight excluding hydrogens is 264 g/mol. The molecule has 0 saturated carbocycles. The Morgan fingerprint density at radius 3 is 2.27 bits per heavy atom. The van der Waals surface area contributed by atoms with Gasteiger partial charge < -0.3 is 0 Å². The molecule has 1 aliphatic carbocycles. The van der Waals surface area contributed by atoms with Crippen molar-refractivity contribution < 1.29 is 0 Å². The molecule has 2 atom stereocenters. The third-order valence-electron chi connectivity index (χ3n) is 4.74. The van der Waals surface area contributed by atoms with Crippen LogP contribution in [0.25, 0.3) is 0 Å². The summed E-state index contributed by atoms with van der Waals surface area (Å²) in [6.07, 6.45) is 11.0. The molecule has 0 bridgehead atoms. The SMILES string of the molecule is CC1C=CC(Cc2cccc(CCc3ccccc3)c2)CC1. The maximum Gasteiger partial charge on any atom is -0.0193 e. The van der Waals surface area contributed by atoms with Gasteiger partial charge in [0.1, 0.15) is 0 Å². The number of allylic oxidation sites excluding steroid dienone is 2. The van der Waals surface area contributed by atoms with Gasteiger partial charge in [0.2, 0.25) is 0 Å². The van der Waals surface area contributed by atoms with E-state index in [1.165, 1.54) is 36.0 Å². The van der Waals surface area contributed by atoms with E-state index in [2.05, 4.69) is 73.7 Å². The first-order chi connectivity index (χ1) is 10.8. The lowest BCUT2D eigenvalue weighted by Crippen LogP contribution is -2.09. The molecule has 3 rings (SSSR count). The van der Waals surface area contributed by atoms with Crippen LogP contribution in [-0.4, -0.2) is 0 Å². The predicted octanol–water partition coefficient (Wildman–Crippen LogP) is 5.62. The van der Waals surface area contributed by atoms with E-state index >= 15 is 0 Å². The Hall–Kier alpha value is -1.82. The second-order valence-corrected chi connectivity index (χ2v) is 6.71. The smallest absolute Gasteiger partial charge is 0.0193 e. The summed E-state index contributed by atoms with van der Waals surface area (Å²) in [4.78, 5) is 0. The fraction of sp³-hybridized carbons (Fsp3) is 0.364. The molecule has 2 unspecified atom stereocenters. The quantitative estimate of drug-likeness (QED) is 0.627. The maximum atomic E-state index is 2.44. The second kappa shape index (κ2) is 7.45. The summed E-state index contributed by atoms with van der Waals surface area (Å²) in [5.41, 5.74) is 4.39. The molecule has 0 heteroatoms. The zero-order chi connectivity index (χ0) is 15.2. The van der Waals surface area contributed by atoms with Crippen LogP contribution in [0.3, 0.4) is 0 Å². The van der Waals surface area contributed by atoms with E-state index in [1.807, 2.05) is 0 Å². The highest BCUT2D eigenvalue weighted by Gasteiger charge is 2.13. The van der Waals surface area contributed by atoms with Crippen LogP contribution in [0.4, 0.5) is 0 Å². The number of hydrogen-bond donors (Lipinski definition) is 0. The van der Waals surface area contributed by atoms with Crippen LogP contribution in [0.15, 0.2) is 66.7 Å². The van der Waals surface area contributed by atoms with E-state index in [-0.39, 0.29) is 0 Å². The molecular formula is C22H26. The van der Waals surface area contributed by atoms with Crippen molar-refractivity contribution in [1.82, 2.24) is 0 Å². The van der Waals surface area contributed by atoms with Crippen LogP contribution in [0.5, 0.6) is 0 Å². The summed E-state index contributed by atoms with van der Waals surface area (Å²) in [5, 5.41) is 0. The minimum Gasteiger partial charge on any atom is -0.0854 e. The zero-order valence-electron chi connectivity index (χ0n) is 13.5. The molecule has 0 heterocycles. The molecule has 0 aliphatic heterocycles. The second-order valence-electron chi connectivity index (χ2n) is 6.71. The standard InChI is InChI=1S/C22H26/c1-18-10-12-21(13-11-18)17-22-9-5-8-20(16-22)15-14-19-6-3-2-4-7-19/h2-10,12,16,18,21H,11,13-15,17H2,1H3. The lowest BCUT2D eigenvalue weighted by Gasteiger charge is -2.20. The molecule has 0 N–H and O–H groups in total. The third-order valence-corrected chi connectivity index (χ3v) is 4.74. The lowest BCUT2D eigenvalue weighted by atomic mass is 9.85. The van der Waals surface area contributed by atoms with Crippen molar-refractivity contribution in [2.75, 3.05) is 0 Å². The van der Waals surface area contributed by atoms with E-state index in [0.29, 0.717) is 0 Å². The lowest BCUT2D eigenvalue weighted by molar-refractivity contribution is 0.474. The first kappa shape index (κ1) is 15.1. The zero-order valence-corrected chi connectivity index (χ0v) is 13.5. The summed E-state index contributed by atoms with van der Waals surface area (Å²) < 4.78 is 0. The van der Waals surface area contributed by atoms with Crippen LogP contribution >= 0.6 is 0 Å². The molecule has 0 aromatic heterocycles. The summed E-state index contributed by atoms with van der Waals surface area (Å²) >= 11 is 0. The Morgan fingerprint density at radius 1 is 0.773 bits per heavy atom. The molecule has 0 radical (unpaired) electrons. The van der Waals surface area contributed by atoms with Crippen LogP contribution in [0.1, 0.15) is 36.5 Å². The van der Waals surface area contributed by atoms with Crippen molar-refractivity contribution >= 4 is 0 Å². The highest BCUT2D eigenvalue weighted by molar-refractivity contribution is 5.26.